The van der Waals surface area contributed by atoms with Crippen LogP contribution in [0.2, 0.25) is 5.31 Å². The van der Waals surface area contributed by atoms with Crippen molar-refractivity contribution in [1.29, 1.82) is 0 Å². The molecule has 3 saturated carbocycles. The summed E-state index contributed by atoms with van der Waals surface area (Å²) in [6.07, 6.45) is -0.454. The fourth-order valence-corrected chi connectivity index (χ4v) is 3.48. The predicted molar refractivity (Wildman–Crippen MR) is 53.7 cm³/mol. The summed E-state index contributed by atoms with van der Waals surface area (Å²) in [5.41, 5.74) is -1.05. The standard InChI is InChI=1S/C11H9BF5/c13-7-2-1-3-8(14)9(7)10-4-11(5-10,6-10)12(15,16)17/h1-3H,4-6H2/q-1. The summed E-state index contributed by atoms with van der Waals surface area (Å²) in [7, 11) is 0. The molecule has 2 bridgehead atoms. The Bertz CT molecular complexity index is 453. The van der Waals surface area contributed by atoms with Crippen molar-refractivity contribution < 1.29 is 21.7 Å². The van der Waals surface area contributed by atoms with Gasteiger partial charge in [-0.1, -0.05) is 30.6 Å². The molecular formula is C11H9BF5-. The Hall–Kier alpha value is -1.07. The van der Waals surface area contributed by atoms with Gasteiger partial charge >= 0.3 is 6.98 Å². The van der Waals surface area contributed by atoms with Crippen LogP contribution in [0.4, 0.5) is 21.7 Å². The molecule has 0 unspecified atom stereocenters. The molecule has 0 heterocycles. The van der Waals surface area contributed by atoms with E-state index in [1.165, 1.54) is 6.07 Å². The maximum atomic E-state index is 13.5. The maximum absolute atomic E-state index is 13.5. The Kier molecular flexibility index (Phi) is 1.85. The van der Waals surface area contributed by atoms with E-state index in [-0.39, 0.29) is 24.8 Å². The zero-order chi connectivity index (χ0) is 12.5. The summed E-state index contributed by atoms with van der Waals surface area (Å²) in [5.74, 6) is -1.46. The van der Waals surface area contributed by atoms with Gasteiger partial charge in [-0.3, -0.25) is 0 Å². The molecule has 17 heavy (non-hydrogen) atoms. The Morgan fingerprint density at radius 2 is 1.41 bits per heavy atom. The van der Waals surface area contributed by atoms with E-state index in [0.717, 1.165) is 12.1 Å². The molecule has 3 aliphatic carbocycles. The van der Waals surface area contributed by atoms with Crippen LogP contribution in [0, 0.1) is 11.6 Å². The minimum atomic E-state index is -4.90. The first kappa shape index (κ1) is 11.0. The van der Waals surface area contributed by atoms with Crippen LogP contribution in [0.15, 0.2) is 18.2 Å². The molecular weight excluding hydrogens is 238 g/mol. The van der Waals surface area contributed by atoms with E-state index in [4.69, 9.17) is 0 Å². The van der Waals surface area contributed by atoms with Gasteiger partial charge < -0.3 is 12.9 Å². The average molecular weight is 247 g/mol. The Balaban J connectivity index is 1.93. The fraction of sp³-hybridized carbons (Fsp3) is 0.455. The summed E-state index contributed by atoms with van der Waals surface area (Å²) in [4.78, 5) is 0. The van der Waals surface area contributed by atoms with E-state index in [1.54, 1.807) is 0 Å². The highest BCUT2D eigenvalue weighted by Gasteiger charge is 2.75. The van der Waals surface area contributed by atoms with Crippen LogP contribution in [-0.2, 0) is 5.41 Å². The molecule has 0 aliphatic heterocycles. The first-order valence-corrected chi connectivity index (χ1v) is 5.44. The third-order valence-corrected chi connectivity index (χ3v) is 4.26. The summed E-state index contributed by atoms with van der Waals surface area (Å²) in [6.45, 7) is -4.90. The minimum absolute atomic E-state index is 0.151. The molecule has 1 aromatic carbocycles. The quantitative estimate of drug-likeness (QED) is 0.547. The van der Waals surface area contributed by atoms with Crippen molar-refractivity contribution in [2.45, 2.75) is 30.0 Å². The summed E-state index contributed by atoms with van der Waals surface area (Å²) < 4.78 is 65.0. The molecule has 3 fully saturated rings. The third kappa shape index (κ3) is 1.18. The van der Waals surface area contributed by atoms with Crippen LogP contribution in [0.3, 0.4) is 0 Å². The Morgan fingerprint density at radius 1 is 0.941 bits per heavy atom. The third-order valence-electron chi connectivity index (χ3n) is 4.26. The van der Waals surface area contributed by atoms with Gasteiger partial charge in [0.05, 0.1) is 0 Å². The summed E-state index contributed by atoms with van der Waals surface area (Å²) in [5, 5.41) is -1.62. The molecule has 1 aromatic rings. The Labute approximate surface area is 94.9 Å². The van der Waals surface area contributed by atoms with Gasteiger partial charge in [0.1, 0.15) is 11.6 Å². The van der Waals surface area contributed by atoms with Crippen LogP contribution in [0.1, 0.15) is 24.8 Å². The zero-order valence-corrected chi connectivity index (χ0v) is 8.82. The maximum Gasteiger partial charge on any atom is 0.484 e. The second-order valence-electron chi connectivity index (χ2n) is 5.34. The van der Waals surface area contributed by atoms with E-state index in [2.05, 4.69) is 0 Å². The van der Waals surface area contributed by atoms with Crippen LogP contribution in [-0.4, -0.2) is 6.98 Å². The van der Waals surface area contributed by atoms with Crippen molar-refractivity contribution in [1.82, 2.24) is 0 Å². The second-order valence-corrected chi connectivity index (χ2v) is 5.34. The molecule has 0 amide bonds. The van der Waals surface area contributed by atoms with Gasteiger partial charge in [0, 0.05) is 5.56 Å². The number of hydrogen-bond acceptors (Lipinski definition) is 0. The minimum Gasteiger partial charge on any atom is -0.449 e. The van der Waals surface area contributed by atoms with Crippen molar-refractivity contribution in [3.63, 3.8) is 0 Å². The Morgan fingerprint density at radius 3 is 1.82 bits per heavy atom. The lowest BCUT2D eigenvalue weighted by molar-refractivity contribution is -0.0448. The number of hydrogen-bond donors (Lipinski definition) is 0. The topological polar surface area (TPSA) is 0 Å². The number of halogens is 5. The van der Waals surface area contributed by atoms with Gasteiger partial charge in [0.2, 0.25) is 0 Å². The van der Waals surface area contributed by atoms with Gasteiger partial charge in [0.15, 0.2) is 0 Å². The van der Waals surface area contributed by atoms with Gasteiger partial charge in [0.25, 0.3) is 0 Å². The highest BCUT2D eigenvalue weighted by Crippen LogP contribution is 2.82. The van der Waals surface area contributed by atoms with Gasteiger partial charge in [-0.2, -0.15) is 0 Å². The highest BCUT2D eigenvalue weighted by atomic mass is 19.4. The van der Waals surface area contributed by atoms with Crippen molar-refractivity contribution in [2.75, 3.05) is 0 Å². The van der Waals surface area contributed by atoms with E-state index >= 15 is 0 Å². The summed E-state index contributed by atoms with van der Waals surface area (Å²) >= 11 is 0. The average Bonchev–Trinajstić information content (AvgIpc) is 2.03. The normalized spacial score (nSPS) is 35.1. The molecule has 3 aliphatic rings. The van der Waals surface area contributed by atoms with Crippen molar-refractivity contribution in [2.24, 2.45) is 0 Å². The highest BCUT2D eigenvalue weighted by molar-refractivity contribution is 6.63. The van der Waals surface area contributed by atoms with Crippen molar-refractivity contribution >= 4 is 6.98 Å². The van der Waals surface area contributed by atoms with E-state index in [1.807, 2.05) is 0 Å². The van der Waals surface area contributed by atoms with Crippen LogP contribution in [0.5, 0.6) is 0 Å². The lowest BCUT2D eigenvalue weighted by atomic mass is 9.23. The SMILES string of the molecule is Fc1cccc(F)c1C12CC([B-](F)(F)F)(C1)C2. The molecule has 0 saturated heterocycles. The molecule has 0 spiro atoms. The lowest BCUT2D eigenvalue weighted by Crippen LogP contribution is -2.67. The van der Waals surface area contributed by atoms with Crippen molar-refractivity contribution in [3.05, 3.63) is 35.4 Å². The van der Waals surface area contributed by atoms with Gasteiger partial charge in [-0.25, -0.2) is 8.78 Å². The smallest absolute Gasteiger partial charge is 0.449 e. The first-order chi connectivity index (χ1) is 7.80. The van der Waals surface area contributed by atoms with E-state index in [9.17, 15) is 21.7 Å². The second kappa shape index (κ2) is 2.84. The summed E-state index contributed by atoms with van der Waals surface area (Å²) in [6, 6.07) is 3.43. The van der Waals surface area contributed by atoms with Crippen LogP contribution >= 0.6 is 0 Å². The molecule has 0 N–H and O–H groups in total. The van der Waals surface area contributed by atoms with E-state index in [0.29, 0.717) is 0 Å². The largest absolute Gasteiger partial charge is 0.484 e. The zero-order valence-electron chi connectivity index (χ0n) is 8.82. The molecule has 0 atom stereocenters. The molecule has 0 nitrogen and oxygen atoms in total. The fourth-order valence-electron chi connectivity index (χ4n) is 3.48. The molecule has 4 rings (SSSR count). The molecule has 92 valence electrons. The lowest BCUT2D eigenvalue weighted by Gasteiger charge is -2.75. The van der Waals surface area contributed by atoms with Gasteiger partial charge in [-0.05, 0) is 17.5 Å². The molecule has 0 radical (unpaired) electrons. The van der Waals surface area contributed by atoms with Gasteiger partial charge in [-0.15, -0.1) is 0 Å². The number of benzene rings is 1. The van der Waals surface area contributed by atoms with Crippen LogP contribution < -0.4 is 0 Å². The first-order valence-electron chi connectivity index (χ1n) is 5.44. The molecule has 0 aromatic heterocycles. The van der Waals surface area contributed by atoms with Crippen molar-refractivity contribution in [3.8, 4) is 0 Å². The predicted octanol–water partition coefficient (Wildman–Crippen LogP) is 3.99. The van der Waals surface area contributed by atoms with Crippen LogP contribution in [0.25, 0.3) is 0 Å². The number of rotatable bonds is 2. The molecule has 6 heteroatoms. The monoisotopic (exact) mass is 247 g/mol. The van der Waals surface area contributed by atoms with E-state index < -0.39 is 29.3 Å².